The summed E-state index contributed by atoms with van der Waals surface area (Å²) in [6.07, 6.45) is -0.436. The number of carboxylic acid groups (broad SMARTS) is 1. The standard InChI is InChI=1S/C12H10.C11H15NO3S/c1-3-7-11(8-4-1)12-9-5-2-6-10-12;1-15-10(8-5-3-2-4-6-8)12-9(7-16)11(13)14/h1-10H;2-6,9-10,12,16H,7H2,1H3,(H,13,14)/t;9?,10-/m.0/s1. The van der Waals surface area contributed by atoms with Gasteiger partial charge in [-0.15, -0.1) is 0 Å². The Morgan fingerprint density at radius 1 is 0.893 bits per heavy atom. The second-order valence-electron chi connectivity index (χ2n) is 6.00. The normalized spacial score (nSPS) is 12.4. The fourth-order valence-electron chi connectivity index (χ4n) is 2.57. The van der Waals surface area contributed by atoms with Gasteiger partial charge in [0.05, 0.1) is 0 Å². The molecule has 146 valence electrons. The Bertz CT molecular complexity index is 776. The number of rotatable bonds is 7. The van der Waals surface area contributed by atoms with Crippen molar-refractivity contribution in [2.75, 3.05) is 12.9 Å². The number of carbonyl (C=O) groups is 1. The first-order valence-corrected chi connectivity index (χ1v) is 9.57. The molecule has 0 aliphatic rings. The van der Waals surface area contributed by atoms with E-state index in [-0.39, 0.29) is 5.75 Å². The van der Waals surface area contributed by atoms with E-state index < -0.39 is 18.2 Å². The molecule has 5 heteroatoms. The van der Waals surface area contributed by atoms with Gasteiger partial charge in [0, 0.05) is 12.9 Å². The first-order chi connectivity index (χ1) is 13.7. The molecular formula is C23H25NO3S. The molecule has 3 aromatic carbocycles. The van der Waals surface area contributed by atoms with Gasteiger partial charge < -0.3 is 9.84 Å². The first kappa shape index (κ1) is 21.7. The predicted octanol–water partition coefficient (Wildman–Crippen LogP) is 4.66. The number of methoxy groups -OCH3 is 1. The van der Waals surface area contributed by atoms with Crippen molar-refractivity contribution in [3.8, 4) is 11.1 Å². The van der Waals surface area contributed by atoms with Crippen molar-refractivity contribution in [2.24, 2.45) is 0 Å². The number of thiol groups is 1. The highest BCUT2D eigenvalue weighted by Crippen LogP contribution is 2.17. The Morgan fingerprint density at radius 2 is 1.32 bits per heavy atom. The topological polar surface area (TPSA) is 58.6 Å². The van der Waals surface area contributed by atoms with Crippen LogP contribution in [0.5, 0.6) is 0 Å². The number of carboxylic acids is 1. The van der Waals surface area contributed by atoms with Crippen LogP contribution in [0.2, 0.25) is 0 Å². The maximum atomic E-state index is 10.8. The highest BCUT2D eigenvalue weighted by molar-refractivity contribution is 7.80. The molecular weight excluding hydrogens is 370 g/mol. The van der Waals surface area contributed by atoms with Crippen LogP contribution in [0.1, 0.15) is 11.8 Å². The van der Waals surface area contributed by atoms with Gasteiger partial charge in [-0.05, 0) is 16.7 Å². The average molecular weight is 396 g/mol. The molecule has 1 unspecified atom stereocenters. The molecule has 0 amide bonds. The third-order valence-electron chi connectivity index (χ3n) is 4.05. The van der Waals surface area contributed by atoms with E-state index in [0.29, 0.717) is 0 Å². The van der Waals surface area contributed by atoms with Crippen molar-refractivity contribution in [3.05, 3.63) is 96.6 Å². The molecule has 28 heavy (non-hydrogen) atoms. The van der Waals surface area contributed by atoms with Gasteiger partial charge in [-0.2, -0.15) is 12.6 Å². The molecule has 0 saturated carbocycles. The number of hydrogen-bond donors (Lipinski definition) is 3. The van der Waals surface area contributed by atoms with Crippen molar-refractivity contribution in [1.82, 2.24) is 5.32 Å². The summed E-state index contributed by atoms with van der Waals surface area (Å²) in [5, 5.41) is 11.8. The third kappa shape index (κ3) is 6.85. The van der Waals surface area contributed by atoms with E-state index in [1.165, 1.54) is 18.2 Å². The molecule has 0 saturated heterocycles. The number of hydrogen-bond acceptors (Lipinski definition) is 4. The average Bonchev–Trinajstić information content (AvgIpc) is 2.77. The van der Waals surface area contributed by atoms with E-state index in [4.69, 9.17) is 9.84 Å². The first-order valence-electron chi connectivity index (χ1n) is 8.93. The highest BCUT2D eigenvalue weighted by Gasteiger charge is 2.20. The molecule has 0 heterocycles. The van der Waals surface area contributed by atoms with Crippen LogP contribution in [0.3, 0.4) is 0 Å². The molecule has 0 radical (unpaired) electrons. The van der Waals surface area contributed by atoms with Crippen LogP contribution in [-0.4, -0.2) is 30.0 Å². The summed E-state index contributed by atoms with van der Waals surface area (Å²) in [6, 6.07) is 29.4. The zero-order chi connectivity index (χ0) is 20.2. The van der Waals surface area contributed by atoms with Crippen molar-refractivity contribution in [2.45, 2.75) is 12.3 Å². The third-order valence-corrected chi connectivity index (χ3v) is 4.42. The molecule has 0 bridgehead atoms. The molecule has 0 aliphatic heterocycles. The van der Waals surface area contributed by atoms with E-state index in [2.05, 4.69) is 66.5 Å². The SMILES string of the molecule is CO[C@H](NC(CS)C(=O)O)c1ccccc1.c1ccc(-c2ccccc2)cc1. The summed E-state index contributed by atoms with van der Waals surface area (Å²) >= 11 is 3.98. The van der Waals surface area contributed by atoms with Crippen LogP contribution in [0.4, 0.5) is 0 Å². The molecule has 0 aromatic heterocycles. The largest absolute Gasteiger partial charge is 0.480 e. The molecule has 0 aliphatic carbocycles. The lowest BCUT2D eigenvalue weighted by Crippen LogP contribution is -2.41. The number of nitrogens with one attached hydrogen (secondary N) is 1. The minimum Gasteiger partial charge on any atom is -0.480 e. The van der Waals surface area contributed by atoms with E-state index >= 15 is 0 Å². The summed E-state index contributed by atoms with van der Waals surface area (Å²) < 4.78 is 5.21. The van der Waals surface area contributed by atoms with Crippen molar-refractivity contribution in [3.63, 3.8) is 0 Å². The van der Waals surface area contributed by atoms with Crippen LogP contribution in [-0.2, 0) is 9.53 Å². The molecule has 2 N–H and O–H groups in total. The highest BCUT2D eigenvalue weighted by atomic mass is 32.1. The zero-order valence-corrected chi connectivity index (χ0v) is 16.6. The Hall–Kier alpha value is -2.60. The molecule has 3 aromatic rings. The lowest BCUT2D eigenvalue weighted by Gasteiger charge is -2.21. The molecule has 4 nitrogen and oxygen atoms in total. The van der Waals surface area contributed by atoms with Gasteiger partial charge in [0.15, 0.2) is 0 Å². The Labute approximate surface area is 171 Å². The quantitative estimate of drug-likeness (QED) is 0.402. The fourth-order valence-corrected chi connectivity index (χ4v) is 2.84. The molecule has 0 spiro atoms. The minimum absolute atomic E-state index is 0.210. The molecule has 2 atom stereocenters. The number of benzene rings is 3. The maximum Gasteiger partial charge on any atom is 0.321 e. The van der Waals surface area contributed by atoms with E-state index in [0.717, 1.165) is 5.56 Å². The van der Waals surface area contributed by atoms with Crippen LogP contribution in [0, 0.1) is 0 Å². The van der Waals surface area contributed by atoms with Crippen molar-refractivity contribution >= 4 is 18.6 Å². The number of aliphatic carboxylic acids is 1. The van der Waals surface area contributed by atoms with Gasteiger partial charge >= 0.3 is 5.97 Å². The molecule has 3 rings (SSSR count). The van der Waals surface area contributed by atoms with Crippen LogP contribution < -0.4 is 5.32 Å². The van der Waals surface area contributed by atoms with Gasteiger partial charge in [-0.1, -0.05) is 91.0 Å². The summed E-state index contributed by atoms with van der Waals surface area (Å²) in [5.41, 5.74) is 3.44. The van der Waals surface area contributed by atoms with Gasteiger partial charge in [0.25, 0.3) is 0 Å². The summed E-state index contributed by atoms with van der Waals surface area (Å²) in [5.74, 6) is -0.727. The minimum atomic E-state index is -0.937. The van der Waals surface area contributed by atoms with Crippen LogP contribution in [0.15, 0.2) is 91.0 Å². The van der Waals surface area contributed by atoms with Crippen LogP contribution >= 0.6 is 12.6 Å². The summed E-state index contributed by atoms with van der Waals surface area (Å²) in [4.78, 5) is 10.8. The smallest absolute Gasteiger partial charge is 0.321 e. The zero-order valence-electron chi connectivity index (χ0n) is 15.7. The predicted molar refractivity (Wildman–Crippen MR) is 116 cm³/mol. The summed E-state index contributed by atoms with van der Waals surface area (Å²) in [6.45, 7) is 0. The lowest BCUT2D eigenvalue weighted by molar-refractivity contribution is -0.140. The number of ether oxygens (including phenoxy) is 1. The second-order valence-corrected chi connectivity index (χ2v) is 6.36. The van der Waals surface area contributed by atoms with Gasteiger partial charge in [0.2, 0.25) is 0 Å². The van der Waals surface area contributed by atoms with Crippen molar-refractivity contribution in [1.29, 1.82) is 0 Å². The fraction of sp³-hybridized carbons (Fsp3) is 0.174. The lowest BCUT2D eigenvalue weighted by atomic mass is 10.1. The van der Waals surface area contributed by atoms with E-state index in [9.17, 15) is 4.79 Å². The van der Waals surface area contributed by atoms with Gasteiger partial charge in [-0.25, -0.2) is 0 Å². The Balaban J connectivity index is 0.000000207. The second kappa shape index (κ2) is 12.0. The van der Waals surface area contributed by atoms with E-state index in [1.54, 1.807) is 0 Å². The monoisotopic (exact) mass is 395 g/mol. The van der Waals surface area contributed by atoms with E-state index in [1.807, 2.05) is 42.5 Å². The summed E-state index contributed by atoms with van der Waals surface area (Å²) in [7, 11) is 1.53. The Morgan fingerprint density at radius 3 is 1.68 bits per heavy atom. The maximum absolute atomic E-state index is 10.8. The van der Waals surface area contributed by atoms with Gasteiger partial charge in [0.1, 0.15) is 12.3 Å². The Kier molecular flexibility index (Phi) is 9.28. The van der Waals surface area contributed by atoms with Gasteiger partial charge in [-0.3, -0.25) is 10.1 Å². The molecule has 0 fully saturated rings. The van der Waals surface area contributed by atoms with Crippen molar-refractivity contribution < 1.29 is 14.6 Å². The van der Waals surface area contributed by atoms with Crippen LogP contribution in [0.25, 0.3) is 11.1 Å².